The molecule has 0 atom stereocenters. The Balaban J connectivity index is 1.80. The Morgan fingerprint density at radius 1 is 1.22 bits per heavy atom. The predicted octanol–water partition coefficient (Wildman–Crippen LogP) is 3.86. The summed E-state index contributed by atoms with van der Waals surface area (Å²) < 4.78 is 6.19. The minimum Gasteiger partial charge on any atom is -0.483 e. The second-order valence-corrected chi connectivity index (χ2v) is 6.49. The van der Waals surface area contributed by atoms with Crippen molar-refractivity contribution < 1.29 is 9.53 Å². The fraction of sp³-hybridized carbons (Fsp3) is 0.235. The monoisotopic (exact) mass is 396 g/mol. The van der Waals surface area contributed by atoms with Gasteiger partial charge in [-0.1, -0.05) is 23.7 Å². The largest absolute Gasteiger partial charge is 0.483 e. The molecule has 0 saturated heterocycles. The number of amides is 1. The van der Waals surface area contributed by atoms with E-state index in [1.807, 2.05) is 43.3 Å². The molecule has 0 heterocycles. The third-order valence-corrected chi connectivity index (χ3v) is 4.05. The van der Waals surface area contributed by atoms with Gasteiger partial charge in [0.25, 0.3) is 5.91 Å². The van der Waals surface area contributed by atoms with Crippen molar-refractivity contribution in [3.8, 4) is 5.75 Å². The third-order valence-electron chi connectivity index (χ3n) is 3.20. The maximum absolute atomic E-state index is 11.9. The lowest BCUT2D eigenvalue weighted by atomic mass is 10.2. The first-order valence-electron chi connectivity index (χ1n) is 7.06. The van der Waals surface area contributed by atoms with E-state index in [1.54, 1.807) is 18.2 Å². The number of anilines is 1. The van der Waals surface area contributed by atoms with Crippen LogP contribution in [0, 0.1) is 0 Å². The number of carbonyl (C=O) groups excluding carboxylic acids is 1. The van der Waals surface area contributed by atoms with Crippen molar-refractivity contribution in [1.29, 1.82) is 0 Å². The van der Waals surface area contributed by atoms with Crippen LogP contribution < -0.4 is 15.0 Å². The number of nitrogens with one attached hydrogen (secondary N) is 1. The van der Waals surface area contributed by atoms with Crippen LogP contribution in [0.3, 0.4) is 0 Å². The molecule has 2 aromatic carbocycles. The molecule has 2 aromatic rings. The predicted molar refractivity (Wildman–Crippen MR) is 97.3 cm³/mol. The van der Waals surface area contributed by atoms with Crippen molar-refractivity contribution in [2.24, 2.45) is 0 Å². The normalized spacial score (nSPS) is 10.3. The van der Waals surface area contributed by atoms with Gasteiger partial charge in [-0.05, 0) is 51.8 Å². The van der Waals surface area contributed by atoms with Crippen molar-refractivity contribution in [2.75, 3.05) is 25.6 Å². The summed E-state index contributed by atoms with van der Waals surface area (Å²) in [5.41, 5.74) is 2.16. The van der Waals surface area contributed by atoms with E-state index in [4.69, 9.17) is 16.3 Å². The van der Waals surface area contributed by atoms with E-state index in [1.165, 1.54) is 0 Å². The zero-order chi connectivity index (χ0) is 16.8. The first kappa shape index (κ1) is 17.6. The van der Waals surface area contributed by atoms with Crippen LogP contribution in [-0.2, 0) is 11.3 Å². The Morgan fingerprint density at radius 2 is 1.91 bits per heavy atom. The minimum atomic E-state index is -0.177. The molecule has 0 bridgehead atoms. The molecule has 0 aliphatic heterocycles. The van der Waals surface area contributed by atoms with Crippen molar-refractivity contribution in [2.45, 2.75) is 6.54 Å². The zero-order valence-electron chi connectivity index (χ0n) is 13.0. The molecule has 6 heteroatoms. The standard InChI is InChI=1S/C17H18BrClN2O2/c1-21(2)14-6-3-12(4-7-14)10-20-17(22)11-23-16-8-5-13(19)9-15(16)18/h3-9H,10-11H2,1-2H3,(H,20,22). The molecule has 1 N–H and O–H groups in total. The van der Waals surface area contributed by atoms with E-state index < -0.39 is 0 Å². The summed E-state index contributed by atoms with van der Waals surface area (Å²) in [5.74, 6) is 0.406. The van der Waals surface area contributed by atoms with E-state index in [9.17, 15) is 4.79 Å². The fourth-order valence-electron chi connectivity index (χ4n) is 1.90. The summed E-state index contributed by atoms with van der Waals surface area (Å²) in [5, 5.41) is 3.44. The molecule has 23 heavy (non-hydrogen) atoms. The highest BCUT2D eigenvalue weighted by molar-refractivity contribution is 9.10. The van der Waals surface area contributed by atoms with Crippen LogP contribution in [0.2, 0.25) is 5.02 Å². The molecule has 122 valence electrons. The molecule has 0 saturated carbocycles. The van der Waals surface area contributed by atoms with Crippen LogP contribution in [0.25, 0.3) is 0 Å². The third kappa shape index (κ3) is 5.44. The van der Waals surface area contributed by atoms with Gasteiger partial charge in [-0.2, -0.15) is 0 Å². The number of benzene rings is 2. The molecule has 0 aromatic heterocycles. The Kier molecular flexibility index (Phi) is 6.30. The molecule has 0 spiro atoms. The molecule has 4 nitrogen and oxygen atoms in total. The van der Waals surface area contributed by atoms with Gasteiger partial charge >= 0.3 is 0 Å². The van der Waals surface area contributed by atoms with Gasteiger partial charge in [0.05, 0.1) is 4.47 Å². The van der Waals surface area contributed by atoms with Crippen molar-refractivity contribution >= 4 is 39.1 Å². The van der Waals surface area contributed by atoms with Crippen LogP contribution in [0.4, 0.5) is 5.69 Å². The van der Waals surface area contributed by atoms with Crippen LogP contribution in [0.15, 0.2) is 46.9 Å². The van der Waals surface area contributed by atoms with E-state index >= 15 is 0 Å². The quantitative estimate of drug-likeness (QED) is 0.804. The summed E-state index contributed by atoms with van der Waals surface area (Å²) in [6.45, 7) is 0.424. The number of carbonyl (C=O) groups is 1. The first-order valence-corrected chi connectivity index (χ1v) is 8.23. The van der Waals surface area contributed by atoms with Crippen molar-refractivity contribution in [3.63, 3.8) is 0 Å². The van der Waals surface area contributed by atoms with Crippen LogP contribution >= 0.6 is 27.5 Å². The van der Waals surface area contributed by atoms with Gasteiger partial charge in [0, 0.05) is 31.4 Å². The van der Waals surface area contributed by atoms with Gasteiger partial charge in [0.2, 0.25) is 0 Å². The molecule has 1 amide bonds. The van der Waals surface area contributed by atoms with Gasteiger partial charge in [0.1, 0.15) is 5.75 Å². The topological polar surface area (TPSA) is 41.6 Å². The van der Waals surface area contributed by atoms with E-state index in [-0.39, 0.29) is 12.5 Å². The maximum Gasteiger partial charge on any atom is 0.258 e. The van der Waals surface area contributed by atoms with E-state index in [0.717, 1.165) is 15.7 Å². The second-order valence-electron chi connectivity index (χ2n) is 5.20. The molecule has 0 fully saturated rings. The molecule has 2 rings (SSSR count). The summed E-state index contributed by atoms with van der Waals surface area (Å²) >= 11 is 9.21. The Labute approximate surface area is 149 Å². The van der Waals surface area contributed by atoms with Crippen LogP contribution in [0.1, 0.15) is 5.56 Å². The molecule has 0 aliphatic carbocycles. The van der Waals surface area contributed by atoms with Crippen molar-refractivity contribution in [3.05, 3.63) is 57.5 Å². The van der Waals surface area contributed by atoms with Crippen molar-refractivity contribution in [1.82, 2.24) is 5.32 Å². The number of rotatable bonds is 6. The highest BCUT2D eigenvalue weighted by Crippen LogP contribution is 2.27. The average molecular weight is 398 g/mol. The van der Waals surface area contributed by atoms with Gasteiger partial charge in [-0.15, -0.1) is 0 Å². The number of halogens is 2. The summed E-state index contributed by atoms with van der Waals surface area (Å²) in [7, 11) is 3.98. The number of hydrogen-bond donors (Lipinski definition) is 1. The Hall–Kier alpha value is -1.72. The van der Waals surface area contributed by atoms with E-state index in [0.29, 0.717) is 17.3 Å². The lowest BCUT2D eigenvalue weighted by Gasteiger charge is -2.13. The SMILES string of the molecule is CN(C)c1ccc(CNC(=O)COc2ccc(Cl)cc2Br)cc1. The average Bonchev–Trinajstić information content (AvgIpc) is 2.52. The van der Waals surface area contributed by atoms with Gasteiger partial charge in [0.15, 0.2) is 6.61 Å². The van der Waals surface area contributed by atoms with E-state index in [2.05, 4.69) is 21.2 Å². The smallest absolute Gasteiger partial charge is 0.258 e. The first-order chi connectivity index (χ1) is 11.0. The maximum atomic E-state index is 11.9. The lowest BCUT2D eigenvalue weighted by molar-refractivity contribution is -0.123. The van der Waals surface area contributed by atoms with Gasteiger partial charge in [-0.25, -0.2) is 0 Å². The molecule has 0 aliphatic rings. The molecule has 0 unspecified atom stereocenters. The minimum absolute atomic E-state index is 0.0456. The highest BCUT2D eigenvalue weighted by atomic mass is 79.9. The van der Waals surface area contributed by atoms with Gasteiger partial charge < -0.3 is 15.0 Å². The summed E-state index contributed by atoms with van der Waals surface area (Å²) in [6.07, 6.45) is 0. The highest BCUT2D eigenvalue weighted by Gasteiger charge is 2.06. The zero-order valence-corrected chi connectivity index (χ0v) is 15.3. The molecular formula is C17H18BrClN2O2. The number of nitrogens with zero attached hydrogens (tertiary/aromatic N) is 1. The molecular weight excluding hydrogens is 380 g/mol. The summed E-state index contributed by atoms with van der Waals surface area (Å²) in [4.78, 5) is 13.9. The van der Waals surface area contributed by atoms with Crippen LogP contribution in [-0.4, -0.2) is 26.6 Å². The lowest BCUT2D eigenvalue weighted by Crippen LogP contribution is -2.28. The Bertz CT molecular complexity index is 675. The van der Waals surface area contributed by atoms with Crippen LogP contribution in [0.5, 0.6) is 5.75 Å². The Morgan fingerprint density at radius 3 is 2.52 bits per heavy atom. The van der Waals surface area contributed by atoms with Gasteiger partial charge in [-0.3, -0.25) is 4.79 Å². The molecule has 0 radical (unpaired) electrons. The second kappa shape index (κ2) is 8.22. The fourth-order valence-corrected chi connectivity index (χ4v) is 2.70. The number of ether oxygens (including phenoxy) is 1. The summed E-state index contributed by atoms with van der Waals surface area (Å²) in [6, 6.07) is 13.2. The number of hydrogen-bond acceptors (Lipinski definition) is 3.